The van der Waals surface area contributed by atoms with Gasteiger partial charge in [0.1, 0.15) is 24.8 Å². The van der Waals surface area contributed by atoms with Crippen LogP contribution in [-0.2, 0) is 32.7 Å². The molecular weight excluding hydrogens is 765 g/mol. The zero-order chi connectivity index (χ0) is 39.3. The molecule has 13 nitrogen and oxygen atoms in total. The number of hydrogen-bond donors (Lipinski definition) is 0. The summed E-state index contributed by atoms with van der Waals surface area (Å²) >= 11 is 8.31. The number of hydrogen-bond acceptors (Lipinski definition) is 13. The molecule has 2 unspecified atom stereocenters. The summed E-state index contributed by atoms with van der Waals surface area (Å²) < 4.78 is 48.4. The van der Waals surface area contributed by atoms with Gasteiger partial charge in [-0.2, -0.15) is 15.1 Å². The van der Waals surface area contributed by atoms with E-state index in [9.17, 15) is 0 Å². The molecule has 0 spiro atoms. The van der Waals surface area contributed by atoms with E-state index in [0.717, 1.165) is 54.1 Å². The summed E-state index contributed by atoms with van der Waals surface area (Å²) in [6, 6.07) is 8.26. The molecule has 0 radical (unpaired) electrons. The van der Waals surface area contributed by atoms with Crippen molar-refractivity contribution < 1.29 is 37.5 Å². The first-order valence-corrected chi connectivity index (χ1v) is 21.8. The lowest BCUT2D eigenvalue weighted by Crippen LogP contribution is -2.45. The van der Waals surface area contributed by atoms with E-state index >= 15 is 0 Å². The average Bonchev–Trinajstić information content (AvgIpc) is 3.74. The highest BCUT2D eigenvalue weighted by Gasteiger charge is 2.34. The summed E-state index contributed by atoms with van der Waals surface area (Å²) in [4.78, 5) is 11.4. The number of fused-ring (bicyclic) bond motifs is 1. The first-order chi connectivity index (χ1) is 26.4. The molecule has 5 rings (SSSR count). The second kappa shape index (κ2) is 21.5. The fourth-order valence-electron chi connectivity index (χ4n) is 5.97. The number of aromatic nitrogens is 4. The zero-order valence-corrected chi connectivity index (χ0v) is 35.5. The first-order valence-electron chi connectivity index (χ1n) is 18.9. The van der Waals surface area contributed by atoms with Gasteiger partial charge in [-0.3, -0.25) is 0 Å². The van der Waals surface area contributed by atoms with Crippen LogP contribution in [0, 0.1) is 12.3 Å². The number of thioether (sulfide) groups is 1. The topological polar surface area (TPSA) is 121 Å². The molecule has 2 aliphatic rings. The molecule has 3 aromatic rings. The Bertz CT molecular complexity index is 1630. The van der Waals surface area contributed by atoms with Crippen molar-refractivity contribution in [2.24, 2.45) is 0 Å². The number of ether oxygens (including phenoxy) is 6. The molecule has 0 saturated carbocycles. The van der Waals surface area contributed by atoms with Gasteiger partial charge in [0.05, 0.1) is 80.6 Å². The lowest BCUT2D eigenvalue weighted by atomic mass is 9.91. The molecule has 304 valence electrons. The second-order valence-electron chi connectivity index (χ2n) is 15.3. The van der Waals surface area contributed by atoms with Gasteiger partial charge < -0.3 is 42.4 Å². The minimum absolute atomic E-state index is 0.104. The summed E-state index contributed by atoms with van der Waals surface area (Å²) in [5.74, 6) is 5.24. The maximum Gasteiger partial charge on any atom is 0.226 e. The fraction of sp³-hybridized carbons (Fsp3) is 0.667. The molecule has 1 aromatic carbocycles. The van der Waals surface area contributed by atoms with Crippen LogP contribution in [0.5, 0.6) is 5.75 Å². The standard InChI is InChI=1S/C39H57ClN5O8PS/c1-8-15-46-16-17-47-18-19-48-20-21-49-22-23-50-31-11-9-29(10-12-31)30-25-44(26-30)35-33-24-41-45(36(33)43-37(40)42-35)34-14-13-32(51-34)27-55-28-54(52-38(2,3)4)53-39(5,6)7/h1,9-12,24,30,32,34H,13-23,25-28H2,2-7H3. The summed E-state index contributed by atoms with van der Waals surface area (Å²) in [7, 11) is -1.03. The van der Waals surface area contributed by atoms with Crippen LogP contribution >= 0.6 is 31.7 Å². The van der Waals surface area contributed by atoms with Gasteiger partial charge in [-0.05, 0) is 83.7 Å². The highest BCUT2D eigenvalue weighted by Crippen LogP contribution is 2.49. The predicted octanol–water partition coefficient (Wildman–Crippen LogP) is 7.47. The highest BCUT2D eigenvalue weighted by molar-refractivity contribution is 8.04. The van der Waals surface area contributed by atoms with Gasteiger partial charge in [0, 0.05) is 24.8 Å². The molecule has 0 N–H and O–H groups in total. The Morgan fingerprint density at radius 1 is 0.873 bits per heavy atom. The van der Waals surface area contributed by atoms with Crippen LogP contribution in [0.1, 0.15) is 72.1 Å². The smallest absolute Gasteiger partial charge is 0.226 e. The maximum absolute atomic E-state index is 6.49. The third-order valence-corrected chi connectivity index (χ3v) is 12.2. The van der Waals surface area contributed by atoms with Crippen molar-refractivity contribution in [2.75, 3.05) is 88.7 Å². The van der Waals surface area contributed by atoms with Crippen LogP contribution in [0.25, 0.3) is 11.0 Å². The lowest BCUT2D eigenvalue weighted by molar-refractivity contribution is -0.00187. The fourth-order valence-corrected chi connectivity index (χ4v) is 9.34. The van der Waals surface area contributed by atoms with E-state index in [2.05, 4.69) is 74.5 Å². The largest absolute Gasteiger partial charge is 0.491 e. The van der Waals surface area contributed by atoms with Gasteiger partial charge in [0.15, 0.2) is 20.3 Å². The van der Waals surface area contributed by atoms with Crippen molar-refractivity contribution in [1.82, 2.24) is 19.7 Å². The van der Waals surface area contributed by atoms with Crippen LogP contribution < -0.4 is 9.64 Å². The quantitative estimate of drug-likeness (QED) is 0.0408. The minimum Gasteiger partial charge on any atom is -0.491 e. The van der Waals surface area contributed by atoms with E-state index in [1.807, 2.05) is 34.8 Å². The zero-order valence-electron chi connectivity index (χ0n) is 33.0. The van der Waals surface area contributed by atoms with Crippen molar-refractivity contribution in [3.63, 3.8) is 0 Å². The van der Waals surface area contributed by atoms with E-state index in [1.165, 1.54) is 5.56 Å². The van der Waals surface area contributed by atoms with Crippen LogP contribution in [0.2, 0.25) is 5.28 Å². The van der Waals surface area contributed by atoms with Crippen molar-refractivity contribution >= 4 is 48.6 Å². The number of benzene rings is 1. The monoisotopic (exact) mass is 821 g/mol. The SMILES string of the molecule is C#CCOCCOCCOCCOCCOc1ccc(C2CN(c3nc(Cl)nc4c3cnn4C3CCC(CSCP(OC(C)(C)C)OC(C)(C)C)O3)C2)cc1. The van der Waals surface area contributed by atoms with Crippen molar-refractivity contribution in [2.45, 2.75) is 83.8 Å². The number of halogens is 1. The van der Waals surface area contributed by atoms with Crippen molar-refractivity contribution in [1.29, 1.82) is 0 Å². The van der Waals surface area contributed by atoms with E-state index in [1.54, 1.807) is 0 Å². The van der Waals surface area contributed by atoms with Crippen molar-refractivity contribution in [3.05, 3.63) is 41.3 Å². The average molecular weight is 822 g/mol. The third-order valence-electron chi connectivity index (χ3n) is 8.35. The summed E-state index contributed by atoms with van der Waals surface area (Å²) in [5, 5.41) is 5.79. The molecule has 16 heteroatoms. The van der Waals surface area contributed by atoms with E-state index < -0.39 is 8.38 Å². The van der Waals surface area contributed by atoms with Gasteiger partial charge in [0.2, 0.25) is 5.28 Å². The molecule has 0 aliphatic carbocycles. The van der Waals surface area contributed by atoms with E-state index in [-0.39, 0.29) is 28.8 Å². The van der Waals surface area contributed by atoms with Crippen LogP contribution in [-0.4, -0.2) is 121 Å². The summed E-state index contributed by atoms with van der Waals surface area (Å²) in [5.41, 5.74) is 2.20. The van der Waals surface area contributed by atoms with E-state index in [0.29, 0.717) is 71.0 Å². The van der Waals surface area contributed by atoms with Crippen LogP contribution in [0.4, 0.5) is 5.82 Å². The first kappa shape index (κ1) is 43.8. The Kier molecular flexibility index (Phi) is 17.1. The Labute approximate surface area is 336 Å². The summed E-state index contributed by atoms with van der Waals surface area (Å²) in [6.45, 7) is 18.3. The molecule has 0 bridgehead atoms. The van der Waals surface area contributed by atoms with Gasteiger partial charge in [0.25, 0.3) is 0 Å². The highest BCUT2D eigenvalue weighted by atomic mass is 35.5. The third kappa shape index (κ3) is 14.6. The molecule has 4 heterocycles. The van der Waals surface area contributed by atoms with Crippen LogP contribution in [0.15, 0.2) is 30.5 Å². The molecule has 0 amide bonds. The Morgan fingerprint density at radius 2 is 1.49 bits per heavy atom. The van der Waals surface area contributed by atoms with Gasteiger partial charge in [-0.1, -0.05) is 18.1 Å². The Balaban J connectivity index is 1.01. The number of terminal acetylenes is 1. The number of rotatable bonds is 23. The Hall–Kier alpha value is -2.28. The molecule has 2 atom stereocenters. The normalized spacial score (nSPS) is 18.0. The second-order valence-corrected chi connectivity index (χ2v) is 18.4. The Morgan fingerprint density at radius 3 is 2.11 bits per heavy atom. The number of nitrogens with zero attached hydrogens (tertiary/aromatic N) is 5. The van der Waals surface area contributed by atoms with Crippen molar-refractivity contribution in [3.8, 4) is 18.1 Å². The van der Waals surface area contributed by atoms with Gasteiger partial charge in [-0.15, -0.1) is 18.2 Å². The molecule has 2 aliphatic heterocycles. The molecule has 55 heavy (non-hydrogen) atoms. The minimum atomic E-state index is -1.03. The molecular formula is C39H57ClN5O8PS. The molecule has 2 saturated heterocycles. The van der Waals surface area contributed by atoms with Crippen LogP contribution in [0.3, 0.4) is 0 Å². The lowest BCUT2D eigenvalue weighted by Gasteiger charge is -2.40. The van der Waals surface area contributed by atoms with E-state index in [4.69, 9.17) is 60.6 Å². The number of anilines is 1. The van der Waals surface area contributed by atoms with Gasteiger partial charge >= 0.3 is 0 Å². The molecule has 2 aromatic heterocycles. The predicted molar refractivity (Wildman–Crippen MR) is 218 cm³/mol. The molecule has 2 fully saturated rings. The summed E-state index contributed by atoms with van der Waals surface area (Å²) in [6.07, 6.45) is 8.64. The maximum atomic E-state index is 6.49. The van der Waals surface area contributed by atoms with Gasteiger partial charge in [-0.25, -0.2) is 4.68 Å².